The summed E-state index contributed by atoms with van der Waals surface area (Å²) >= 11 is 7.66. The van der Waals surface area contributed by atoms with Crippen LogP contribution < -0.4 is 0 Å². The lowest BCUT2D eigenvalue weighted by molar-refractivity contribution is 0.410. The van der Waals surface area contributed by atoms with Gasteiger partial charge in [-0.05, 0) is 35.2 Å². The van der Waals surface area contributed by atoms with Gasteiger partial charge in [0.05, 0.1) is 0 Å². The molecule has 1 aromatic carbocycles. The van der Waals surface area contributed by atoms with Crippen molar-refractivity contribution in [2.75, 3.05) is 0 Å². The second-order valence-corrected chi connectivity index (χ2v) is 5.17. The van der Waals surface area contributed by atoms with E-state index in [1.165, 1.54) is 12.1 Å². The van der Waals surface area contributed by atoms with Crippen molar-refractivity contribution in [1.82, 2.24) is 10.1 Å². The standard InChI is InChI=1S/C14H8ClFN2OS/c15-12(7-9-2-1-3-11(16)6-9)14-17-13(18-19-14)10-4-5-20-8-10/h1-8H/b12-7-. The fourth-order valence-electron chi connectivity index (χ4n) is 1.63. The van der Waals surface area contributed by atoms with Gasteiger partial charge in [-0.25, -0.2) is 4.39 Å². The molecule has 2 heterocycles. The van der Waals surface area contributed by atoms with Crippen molar-refractivity contribution in [2.24, 2.45) is 0 Å². The number of hydrogen-bond acceptors (Lipinski definition) is 4. The zero-order valence-electron chi connectivity index (χ0n) is 10.1. The largest absolute Gasteiger partial charge is 0.333 e. The van der Waals surface area contributed by atoms with Gasteiger partial charge in [-0.15, -0.1) is 0 Å². The highest BCUT2D eigenvalue weighted by molar-refractivity contribution is 7.08. The molecule has 0 amide bonds. The van der Waals surface area contributed by atoms with E-state index in [-0.39, 0.29) is 16.7 Å². The minimum absolute atomic E-state index is 0.206. The van der Waals surface area contributed by atoms with Crippen molar-refractivity contribution in [2.45, 2.75) is 0 Å². The van der Waals surface area contributed by atoms with Gasteiger partial charge in [0.25, 0.3) is 5.89 Å². The van der Waals surface area contributed by atoms with Crippen LogP contribution in [0.3, 0.4) is 0 Å². The Morgan fingerprint density at radius 1 is 1.35 bits per heavy atom. The van der Waals surface area contributed by atoms with Gasteiger partial charge in [0.2, 0.25) is 5.82 Å². The predicted molar refractivity (Wildman–Crippen MR) is 77.7 cm³/mol. The first-order valence-electron chi connectivity index (χ1n) is 5.72. The van der Waals surface area contributed by atoms with E-state index < -0.39 is 0 Å². The van der Waals surface area contributed by atoms with Crippen LogP contribution in [0.25, 0.3) is 22.5 Å². The molecule has 0 aliphatic rings. The fourth-order valence-corrected chi connectivity index (χ4v) is 2.47. The maximum atomic E-state index is 13.1. The molecule has 3 nitrogen and oxygen atoms in total. The third-order valence-corrected chi connectivity index (χ3v) is 3.51. The average molecular weight is 307 g/mol. The molecule has 0 aliphatic carbocycles. The topological polar surface area (TPSA) is 38.9 Å². The Morgan fingerprint density at radius 2 is 2.25 bits per heavy atom. The van der Waals surface area contributed by atoms with Crippen molar-refractivity contribution >= 4 is 34.0 Å². The first kappa shape index (κ1) is 13.0. The molecular formula is C14H8ClFN2OS. The van der Waals surface area contributed by atoms with E-state index in [1.54, 1.807) is 29.5 Å². The second-order valence-electron chi connectivity index (χ2n) is 3.98. The monoisotopic (exact) mass is 306 g/mol. The number of rotatable bonds is 3. The number of halogens is 2. The smallest absolute Gasteiger partial charge is 0.269 e. The summed E-state index contributed by atoms with van der Waals surface area (Å²) < 4.78 is 18.2. The van der Waals surface area contributed by atoms with Gasteiger partial charge in [-0.1, -0.05) is 28.9 Å². The average Bonchev–Trinajstić information content (AvgIpc) is 3.10. The summed E-state index contributed by atoms with van der Waals surface area (Å²) in [5, 5.41) is 7.97. The molecule has 0 radical (unpaired) electrons. The highest BCUT2D eigenvalue weighted by Gasteiger charge is 2.11. The van der Waals surface area contributed by atoms with Crippen molar-refractivity contribution in [3.63, 3.8) is 0 Å². The van der Waals surface area contributed by atoms with Gasteiger partial charge in [0.1, 0.15) is 10.8 Å². The van der Waals surface area contributed by atoms with Crippen LogP contribution in [-0.2, 0) is 0 Å². The molecular weight excluding hydrogens is 299 g/mol. The summed E-state index contributed by atoms with van der Waals surface area (Å²) in [5.74, 6) is 0.358. The molecule has 0 aliphatic heterocycles. The Kier molecular flexibility index (Phi) is 3.62. The van der Waals surface area contributed by atoms with E-state index in [9.17, 15) is 4.39 Å². The van der Waals surface area contributed by atoms with Crippen molar-refractivity contribution < 1.29 is 8.91 Å². The Hall–Kier alpha value is -1.98. The molecule has 0 unspecified atom stereocenters. The Labute approximate surface area is 123 Å². The minimum atomic E-state index is -0.326. The summed E-state index contributed by atoms with van der Waals surface area (Å²) in [4.78, 5) is 4.21. The first-order valence-corrected chi connectivity index (χ1v) is 7.04. The van der Waals surface area contributed by atoms with Crippen LogP contribution in [0.15, 0.2) is 45.6 Å². The van der Waals surface area contributed by atoms with E-state index in [4.69, 9.17) is 16.1 Å². The Bertz CT molecular complexity index is 752. The molecule has 3 rings (SSSR count). The van der Waals surface area contributed by atoms with Crippen LogP contribution in [-0.4, -0.2) is 10.1 Å². The Morgan fingerprint density at radius 3 is 3.00 bits per heavy atom. The number of thiophene rings is 1. The molecule has 0 N–H and O–H groups in total. The van der Waals surface area contributed by atoms with Crippen LogP contribution in [0.4, 0.5) is 4.39 Å². The van der Waals surface area contributed by atoms with Crippen molar-refractivity contribution in [3.8, 4) is 11.4 Å². The molecule has 0 atom stereocenters. The van der Waals surface area contributed by atoms with E-state index >= 15 is 0 Å². The van der Waals surface area contributed by atoms with Crippen LogP contribution in [0.5, 0.6) is 0 Å². The molecule has 0 fully saturated rings. The minimum Gasteiger partial charge on any atom is -0.333 e. The van der Waals surface area contributed by atoms with Gasteiger partial charge >= 0.3 is 0 Å². The summed E-state index contributed by atoms with van der Waals surface area (Å²) in [6.45, 7) is 0. The van der Waals surface area contributed by atoms with Gasteiger partial charge < -0.3 is 4.52 Å². The molecule has 100 valence electrons. The van der Waals surface area contributed by atoms with E-state index in [2.05, 4.69) is 10.1 Å². The van der Waals surface area contributed by atoms with Gasteiger partial charge in [0, 0.05) is 10.9 Å². The number of nitrogens with zero attached hydrogens (tertiary/aromatic N) is 2. The summed E-state index contributed by atoms with van der Waals surface area (Å²) in [5.41, 5.74) is 1.51. The molecule has 0 spiro atoms. The fraction of sp³-hybridized carbons (Fsp3) is 0. The molecule has 3 aromatic rings. The third-order valence-electron chi connectivity index (χ3n) is 2.55. The molecule has 0 bridgehead atoms. The quantitative estimate of drug-likeness (QED) is 0.705. The molecule has 0 saturated heterocycles. The lowest BCUT2D eigenvalue weighted by Gasteiger charge is -1.94. The molecule has 20 heavy (non-hydrogen) atoms. The highest BCUT2D eigenvalue weighted by atomic mass is 35.5. The Balaban J connectivity index is 1.89. The van der Waals surface area contributed by atoms with Crippen LogP contribution in [0.2, 0.25) is 0 Å². The summed E-state index contributed by atoms with van der Waals surface area (Å²) in [7, 11) is 0. The third kappa shape index (κ3) is 2.79. The van der Waals surface area contributed by atoms with Crippen LogP contribution >= 0.6 is 22.9 Å². The molecule has 0 saturated carbocycles. The second kappa shape index (κ2) is 5.56. The zero-order valence-corrected chi connectivity index (χ0v) is 11.7. The van der Waals surface area contributed by atoms with Crippen LogP contribution in [0, 0.1) is 5.82 Å². The lowest BCUT2D eigenvalue weighted by atomic mass is 10.2. The van der Waals surface area contributed by atoms with Crippen molar-refractivity contribution in [1.29, 1.82) is 0 Å². The van der Waals surface area contributed by atoms with Crippen molar-refractivity contribution in [3.05, 3.63) is 58.4 Å². The molecule has 6 heteroatoms. The van der Waals surface area contributed by atoms with Gasteiger partial charge in [0.15, 0.2) is 0 Å². The zero-order chi connectivity index (χ0) is 13.9. The summed E-state index contributed by atoms with van der Waals surface area (Å²) in [6.07, 6.45) is 1.58. The number of hydrogen-bond donors (Lipinski definition) is 0. The van der Waals surface area contributed by atoms with E-state index in [0.717, 1.165) is 5.56 Å². The van der Waals surface area contributed by atoms with Crippen LogP contribution in [0.1, 0.15) is 11.5 Å². The normalized spacial score (nSPS) is 11.8. The number of aromatic nitrogens is 2. The SMILES string of the molecule is Fc1cccc(/C=C(\Cl)c2nc(-c3ccsc3)no2)c1. The lowest BCUT2D eigenvalue weighted by Crippen LogP contribution is -1.80. The first-order chi connectivity index (χ1) is 9.72. The predicted octanol–water partition coefficient (Wildman–Crippen LogP) is 4.67. The highest BCUT2D eigenvalue weighted by Crippen LogP contribution is 2.25. The van der Waals surface area contributed by atoms with Gasteiger partial charge in [-0.2, -0.15) is 16.3 Å². The maximum Gasteiger partial charge on any atom is 0.269 e. The van der Waals surface area contributed by atoms with E-state index in [0.29, 0.717) is 11.4 Å². The van der Waals surface area contributed by atoms with E-state index in [1.807, 2.05) is 16.8 Å². The van der Waals surface area contributed by atoms with Gasteiger partial charge in [-0.3, -0.25) is 0 Å². The number of benzene rings is 1. The molecule has 2 aromatic heterocycles. The maximum absolute atomic E-state index is 13.1. The summed E-state index contributed by atoms with van der Waals surface area (Å²) in [6, 6.07) is 7.98.